The van der Waals surface area contributed by atoms with Crippen LogP contribution in [0.4, 0.5) is 0 Å². The molecule has 0 atom stereocenters. The largest absolute Gasteiger partial charge is 0.352 e. The average Bonchev–Trinajstić information content (AvgIpc) is 3.13. The smallest absolute Gasteiger partial charge is 0.251 e. The van der Waals surface area contributed by atoms with Gasteiger partial charge in [-0.05, 0) is 49.1 Å². The molecule has 3 heteroatoms. The number of aromatic nitrogens is 1. The van der Waals surface area contributed by atoms with Crippen LogP contribution in [0.25, 0.3) is 0 Å². The Balaban J connectivity index is 1.64. The highest BCUT2D eigenvalue weighted by atomic mass is 16.1. The normalized spacial score (nSPS) is 20.0. The van der Waals surface area contributed by atoms with Crippen molar-refractivity contribution < 1.29 is 4.79 Å². The average molecular weight is 244 g/mol. The zero-order chi connectivity index (χ0) is 12.4. The number of rotatable bonds is 4. The molecule has 0 unspecified atom stereocenters. The maximum absolute atomic E-state index is 12.2. The molecule has 2 saturated carbocycles. The maximum Gasteiger partial charge on any atom is 0.251 e. The van der Waals surface area contributed by atoms with Gasteiger partial charge in [0.2, 0.25) is 0 Å². The van der Waals surface area contributed by atoms with Gasteiger partial charge < -0.3 is 5.32 Å². The molecule has 0 aromatic carbocycles. The van der Waals surface area contributed by atoms with E-state index in [-0.39, 0.29) is 5.91 Å². The lowest BCUT2D eigenvalue weighted by Gasteiger charge is -2.12. The van der Waals surface area contributed by atoms with Crippen molar-refractivity contribution in [2.45, 2.75) is 44.4 Å². The van der Waals surface area contributed by atoms with E-state index in [2.05, 4.69) is 10.3 Å². The van der Waals surface area contributed by atoms with E-state index in [4.69, 9.17) is 0 Å². The Bertz CT molecular complexity index is 434. The number of carbonyl (C=O) groups excluding carboxylic acids is 1. The van der Waals surface area contributed by atoms with E-state index in [1.54, 1.807) is 6.20 Å². The monoisotopic (exact) mass is 244 g/mol. The molecule has 96 valence electrons. The van der Waals surface area contributed by atoms with E-state index >= 15 is 0 Å². The summed E-state index contributed by atoms with van der Waals surface area (Å²) in [5.41, 5.74) is 1.98. The predicted molar refractivity (Wildman–Crippen MR) is 70.5 cm³/mol. The van der Waals surface area contributed by atoms with Gasteiger partial charge in [0.1, 0.15) is 0 Å². The van der Waals surface area contributed by atoms with Crippen molar-refractivity contribution >= 4 is 5.91 Å². The number of hydrogen-bond acceptors (Lipinski definition) is 2. The van der Waals surface area contributed by atoms with Crippen LogP contribution in [0.3, 0.4) is 0 Å². The third-order valence-corrected chi connectivity index (χ3v) is 4.14. The molecule has 2 aliphatic carbocycles. The van der Waals surface area contributed by atoms with Crippen LogP contribution in [0.1, 0.15) is 60.4 Å². The zero-order valence-corrected chi connectivity index (χ0v) is 10.7. The van der Waals surface area contributed by atoms with Crippen LogP contribution >= 0.6 is 0 Å². The summed E-state index contributed by atoms with van der Waals surface area (Å²) in [7, 11) is 0. The Labute approximate surface area is 108 Å². The van der Waals surface area contributed by atoms with Gasteiger partial charge in [-0.3, -0.25) is 9.78 Å². The van der Waals surface area contributed by atoms with Crippen molar-refractivity contribution in [3.05, 3.63) is 29.6 Å². The number of nitrogens with one attached hydrogen (secondary N) is 1. The molecule has 3 rings (SSSR count). The number of carbonyl (C=O) groups is 1. The van der Waals surface area contributed by atoms with Crippen molar-refractivity contribution in [3.8, 4) is 0 Å². The minimum Gasteiger partial charge on any atom is -0.352 e. The lowest BCUT2D eigenvalue weighted by atomic mass is 10.0. The van der Waals surface area contributed by atoms with Crippen LogP contribution in [0.5, 0.6) is 0 Å². The Kier molecular flexibility index (Phi) is 3.31. The van der Waals surface area contributed by atoms with Gasteiger partial charge in [0.05, 0.1) is 0 Å². The van der Waals surface area contributed by atoms with Crippen LogP contribution in [-0.2, 0) is 0 Å². The first-order chi connectivity index (χ1) is 8.84. The molecule has 1 N–H and O–H groups in total. The molecule has 1 aromatic heterocycles. The van der Waals surface area contributed by atoms with Gasteiger partial charge >= 0.3 is 0 Å². The quantitative estimate of drug-likeness (QED) is 0.885. The third kappa shape index (κ3) is 2.55. The Morgan fingerprint density at radius 1 is 1.28 bits per heavy atom. The van der Waals surface area contributed by atoms with Gasteiger partial charge in [-0.15, -0.1) is 0 Å². The lowest BCUT2D eigenvalue weighted by Crippen LogP contribution is -2.29. The van der Waals surface area contributed by atoms with Gasteiger partial charge in [-0.25, -0.2) is 0 Å². The second-order valence-electron chi connectivity index (χ2n) is 5.60. The standard InChI is InChI=1S/C15H20N2O/c18-15(17-9-11-3-1-2-4-11)13-7-8-16-10-14(13)12-5-6-12/h7-8,10-12H,1-6,9H2,(H,17,18). The van der Waals surface area contributed by atoms with E-state index in [1.807, 2.05) is 12.3 Å². The molecule has 2 fully saturated rings. The number of nitrogens with zero attached hydrogens (tertiary/aromatic N) is 1. The third-order valence-electron chi connectivity index (χ3n) is 4.14. The fraction of sp³-hybridized carbons (Fsp3) is 0.600. The first-order valence-electron chi connectivity index (χ1n) is 7.06. The fourth-order valence-electron chi connectivity index (χ4n) is 2.88. The van der Waals surface area contributed by atoms with E-state index in [1.165, 1.54) is 38.5 Å². The molecule has 0 spiro atoms. The first-order valence-corrected chi connectivity index (χ1v) is 7.06. The molecular weight excluding hydrogens is 224 g/mol. The van der Waals surface area contributed by atoms with Gasteiger partial charge in [0.25, 0.3) is 5.91 Å². The van der Waals surface area contributed by atoms with E-state index < -0.39 is 0 Å². The van der Waals surface area contributed by atoms with E-state index in [0.717, 1.165) is 17.7 Å². The van der Waals surface area contributed by atoms with E-state index in [0.29, 0.717) is 11.8 Å². The molecule has 2 aliphatic rings. The molecule has 0 saturated heterocycles. The Morgan fingerprint density at radius 3 is 2.78 bits per heavy atom. The predicted octanol–water partition coefficient (Wildman–Crippen LogP) is 2.88. The molecule has 0 aliphatic heterocycles. The van der Waals surface area contributed by atoms with Gasteiger partial charge in [-0.1, -0.05) is 12.8 Å². The minimum absolute atomic E-state index is 0.0891. The van der Waals surface area contributed by atoms with Crippen LogP contribution in [0, 0.1) is 5.92 Å². The van der Waals surface area contributed by atoms with E-state index in [9.17, 15) is 4.79 Å². The van der Waals surface area contributed by atoms with Crippen LogP contribution < -0.4 is 5.32 Å². The highest BCUT2D eigenvalue weighted by Gasteiger charge is 2.28. The highest BCUT2D eigenvalue weighted by Crippen LogP contribution is 2.41. The molecule has 1 amide bonds. The van der Waals surface area contributed by atoms with Crippen LogP contribution in [0.2, 0.25) is 0 Å². The summed E-state index contributed by atoms with van der Waals surface area (Å²) in [6, 6.07) is 1.86. The summed E-state index contributed by atoms with van der Waals surface area (Å²) in [5, 5.41) is 3.10. The summed E-state index contributed by atoms with van der Waals surface area (Å²) >= 11 is 0. The van der Waals surface area contributed by atoms with Gasteiger partial charge in [0, 0.05) is 24.5 Å². The first kappa shape index (κ1) is 11.7. The molecule has 0 bridgehead atoms. The van der Waals surface area contributed by atoms with Crippen molar-refractivity contribution in [2.75, 3.05) is 6.54 Å². The molecule has 0 radical (unpaired) electrons. The Morgan fingerprint density at radius 2 is 2.06 bits per heavy atom. The molecule has 18 heavy (non-hydrogen) atoms. The van der Waals surface area contributed by atoms with Gasteiger partial charge in [-0.2, -0.15) is 0 Å². The van der Waals surface area contributed by atoms with Crippen molar-refractivity contribution in [2.24, 2.45) is 5.92 Å². The van der Waals surface area contributed by atoms with Crippen LogP contribution in [0.15, 0.2) is 18.5 Å². The maximum atomic E-state index is 12.2. The summed E-state index contributed by atoms with van der Waals surface area (Å²) in [6.07, 6.45) is 11.2. The lowest BCUT2D eigenvalue weighted by molar-refractivity contribution is 0.0946. The number of pyridine rings is 1. The number of hydrogen-bond donors (Lipinski definition) is 1. The van der Waals surface area contributed by atoms with Crippen molar-refractivity contribution in [1.82, 2.24) is 10.3 Å². The SMILES string of the molecule is O=C(NCC1CCCC1)c1ccncc1C1CC1. The number of amides is 1. The summed E-state index contributed by atoms with van der Waals surface area (Å²) in [5.74, 6) is 1.36. The highest BCUT2D eigenvalue weighted by molar-refractivity contribution is 5.95. The summed E-state index contributed by atoms with van der Waals surface area (Å²) in [6.45, 7) is 0.839. The second-order valence-corrected chi connectivity index (χ2v) is 5.60. The summed E-state index contributed by atoms with van der Waals surface area (Å²) < 4.78 is 0. The molecule has 3 nitrogen and oxygen atoms in total. The molecular formula is C15H20N2O. The van der Waals surface area contributed by atoms with Crippen LogP contribution in [-0.4, -0.2) is 17.4 Å². The molecule has 1 heterocycles. The van der Waals surface area contributed by atoms with Gasteiger partial charge in [0.15, 0.2) is 0 Å². The molecule has 1 aromatic rings. The summed E-state index contributed by atoms with van der Waals surface area (Å²) in [4.78, 5) is 16.4. The van der Waals surface area contributed by atoms with Crippen molar-refractivity contribution in [3.63, 3.8) is 0 Å². The van der Waals surface area contributed by atoms with Crippen molar-refractivity contribution in [1.29, 1.82) is 0 Å². The zero-order valence-electron chi connectivity index (χ0n) is 10.7. The topological polar surface area (TPSA) is 42.0 Å². The Hall–Kier alpha value is -1.38. The minimum atomic E-state index is 0.0891. The second kappa shape index (κ2) is 5.09. The fourth-order valence-corrected chi connectivity index (χ4v) is 2.88.